The van der Waals surface area contributed by atoms with Crippen LogP contribution in [-0.2, 0) is 16.2 Å². The lowest BCUT2D eigenvalue weighted by atomic mass is 9.97. The van der Waals surface area contributed by atoms with E-state index < -0.39 is 36.7 Å². The summed E-state index contributed by atoms with van der Waals surface area (Å²) in [5.41, 5.74) is 0.913. The Hall–Kier alpha value is -2.99. The number of piperidine rings is 1. The molecule has 37 heavy (non-hydrogen) atoms. The monoisotopic (exact) mass is 555 g/mol. The van der Waals surface area contributed by atoms with E-state index in [1.54, 1.807) is 4.90 Å². The number of halogens is 5. The van der Waals surface area contributed by atoms with Crippen LogP contribution >= 0.6 is 22.9 Å². The molecule has 0 aliphatic carbocycles. The molecule has 196 valence electrons. The number of amides is 1. The second kappa shape index (κ2) is 10.8. The summed E-state index contributed by atoms with van der Waals surface area (Å²) in [5, 5.41) is 11.2. The molecule has 0 radical (unpaired) electrons. The van der Waals surface area contributed by atoms with Crippen molar-refractivity contribution >= 4 is 34.6 Å². The summed E-state index contributed by atoms with van der Waals surface area (Å²) in [4.78, 5) is 24.6. The fourth-order valence-electron chi connectivity index (χ4n) is 4.50. The Morgan fingerprint density at radius 1 is 1.16 bits per heavy atom. The van der Waals surface area contributed by atoms with Gasteiger partial charge in [-0.3, -0.25) is 9.48 Å². The van der Waals surface area contributed by atoms with Gasteiger partial charge in [0.25, 0.3) is 12.9 Å². The molecule has 0 N–H and O–H groups in total. The molecule has 3 aromatic rings. The molecule has 1 fully saturated rings. The number of aromatic nitrogens is 3. The Labute approximate surface area is 218 Å². The van der Waals surface area contributed by atoms with Crippen LogP contribution < -0.4 is 0 Å². The summed E-state index contributed by atoms with van der Waals surface area (Å²) in [6.45, 7) is 0.305. The van der Waals surface area contributed by atoms with E-state index in [9.17, 15) is 22.4 Å². The van der Waals surface area contributed by atoms with Crippen molar-refractivity contribution in [2.45, 2.75) is 50.7 Å². The van der Waals surface area contributed by atoms with Crippen LogP contribution in [0.4, 0.5) is 17.6 Å². The topological polar surface area (TPSA) is 72.6 Å². The quantitative estimate of drug-likeness (QED) is 0.328. The van der Waals surface area contributed by atoms with Crippen molar-refractivity contribution in [2.24, 2.45) is 5.16 Å². The number of hydrogen-bond donors (Lipinski definition) is 0. The highest BCUT2D eigenvalue weighted by Gasteiger charge is 2.30. The van der Waals surface area contributed by atoms with Crippen molar-refractivity contribution in [1.82, 2.24) is 19.7 Å². The van der Waals surface area contributed by atoms with Gasteiger partial charge in [0.15, 0.2) is 6.10 Å². The summed E-state index contributed by atoms with van der Waals surface area (Å²) < 4.78 is 52.9. The fraction of sp³-hybridized carbons (Fsp3) is 0.417. The van der Waals surface area contributed by atoms with Gasteiger partial charge in [-0.15, -0.1) is 11.3 Å². The molecule has 13 heteroatoms. The van der Waals surface area contributed by atoms with Crippen LogP contribution in [0.25, 0.3) is 0 Å². The van der Waals surface area contributed by atoms with E-state index >= 15 is 0 Å². The molecule has 2 aromatic heterocycles. The molecule has 0 spiro atoms. The number of likely N-dealkylation sites (tertiary alicyclic amines) is 1. The molecule has 2 aliphatic heterocycles. The normalized spacial score (nSPS) is 18.5. The molecule has 1 amide bonds. The van der Waals surface area contributed by atoms with Gasteiger partial charge < -0.3 is 9.74 Å². The predicted octanol–water partition coefficient (Wildman–Crippen LogP) is 6.14. The van der Waals surface area contributed by atoms with Crippen molar-refractivity contribution in [3.05, 3.63) is 68.4 Å². The van der Waals surface area contributed by atoms with Gasteiger partial charge in [0.05, 0.1) is 10.7 Å². The largest absolute Gasteiger partial charge is 0.387 e. The fourth-order valence-corrected chi connectivity index (χ4v) is 5.76. The average molecular weight is 556 g/mol. The van der Waals surface area contributed by atoms with E-state index in [2.05, 4.69) is 10.3 Å². The molecule has 1 atom stereocenters. The molecule has 1 aromatic carbocycles. The zero-order chi connectivity index (χ0) is 26.1. The van der Waals surface area contributed by atoms with Crippen molar-refractivity contribution < 1.29 is 27.2 Å². The van der Waals surface area contributed by atoms with E-state index in [1.807, 2.05) is 29.6 Å². The average Bonchev–Trinajstić information content (AvgIpc) is 3.64. The minimum absolute atomic E-state index is 0.136. The number of nitrogens with zero attached hydrogens (tertiary/aromatic N) is 5. The lowest BCUT2D eigenvalue weighted by Crippen LogP contribution is -2.40. The van der Waals surface area contributed by atoms with Crippen LogP contribution in [0.5, 0.6) is 0 Å². The number of carbonyl (C=O) groups is 1. The summed E-state index contributed by atoms with van der Waals surface area (Å²) >= 11 is 7.80. The summed E-state index contributed by atoms with van der Waals surface area (Å²) in [7, 11) is 0. The zero-order valence-electron chi connectivity index (χ0n) is 19.4. The van der Waals surface area contributed by atoms with Gasteiger partial charge in [-0.2, -0.15) is 5.10 Å². The maximum atomic E-state index is 13.2. The second-order valence-corrected chi connectivity index (χ2v) is 10.1. The Morgan fingerprint density at radius 3 is 2.62 bits per heavy atom. The van der Waals surface area contributed by atoms with Gasteiger partial charge in [-0.05, 0) is 25.0 Å². The van der Waals surface area contributed by atoms with Crippen LogP contribution in [0.2, 0.25) is 5.02 Å². The van der Waals surface area contributed by atoms with Crippen LogP contribution in [0.15, 0.2) is 40.9 Å². The van der Waals surface area contributed by atoms with E-state index in [0.717, 1.165) is 22.0 Å². The molecular weight excluding hydrogens is 534 g/mol. The van der Waals surface area contributed by atoms with E-state index in [1.165, 1.54) is 11.3 Å². The van der Waals surface area contributed by atoms with Gasteiger partial charge in [-0.1, -0.05) is 35.0 Å². The van der Waals surface area contributed by atoms with Crippen molar-refractivity contribution in [3.8, 4) is 0 Å². The maximum Gasteiger partial charge on any atom is 0.282 e. The zero-order valence-corrected chi connectivity index (χ0v) is 20.9. The lowest BCUT2D eigenvalue weighted by molar-refractivity contribution is -0.133. The third-order valence-electron chi connectivity index (χ3n) is 6.50. The second-order valence-electron chi connectivity index (χ2n) is 8.84. The van der Waals surface area contributed by atoms with Crippen molar-refractivity contribution in [1.29, 1.82) is 0 Å². The minimum atomic E-state index is -3.01. The van der Waals surface area contributed by atoms with Gasteiger partial charge in [-0.25, -0.2) is 22.5 Å². The first-order chi connectivity index (χ1) is 17.8. The lowest BCUT2D eigenvalue weighted by Gasteiger charge is -2.31. The van der Waals surface area contributed by atoms with Gasteiger partial charge in [0.1, 0.15) is 23.6 Å². The highest BCUT2D eigenvalue weighted by molar-refractivity contribution is 7.10. The van der Waals surface area contributed by atoms with Gasteiger partial charge in [0.2, 0.25) is 5.91 Å². The van der Waals surface area contributed by atoms with Gasteiger partial charge in [0, 0.05) is 41.4 Å². The molecule has 4 heterocycles. The highest BCUT2D eigenvalue weighted by Crippen LogP contribution is 2.36. The third kappa shape index (κ3) is 5.49. The Bertz CT molecular complexity index is 1310. The van der Waals surface area contributed by atoms with E-state index in [-0.39, 0.29) is 12.0 Å². The Kier molecular flexibility index (Phi) is 7.47. The number of benzene rings is 1. The first kappa shape index (κ1) is 25.7. The number of hydrogen-bond acceptors (Lipinski definition) is 6. The number of oxime groups is 1. The summed E-state index contributed by atoms with van der Waals surface area (Å²) in [6, 6.07) is 8.11. The first-order valence-corrected chi connectivity index (χ1v) is 12.9. The predicted molar refractivity (Wildman–Crippen MR) is 129 cm³/mol. The molecule has 7 nitrogen and oxygen atoms in total. The maximum absolute atomic E-state index is 13.2. The number of rotatable bonds is 7. The van der Waals surface area contributed by atoms with Crippen LogP contribution in [0.1, 0.15) is 71.8 Å². The van der Waals surface area contributed by atoms with E-state index in [4.69, 9.17) is 21.4 Å². The number of carbonyl (C=O) groups excluding carboxylic acids is 1. The smallest absolute Gasteiger partial charge is 0.282 e. The van der Waals surface area contributed by atoms with Crippen molar-refractivity contribution in [2.75, 3.05) is 13.1 Å². The van der Waals surface area contributed by atoms with Gasteiger partial charge >= 0.3 is 0 Å². The third-order valence-corrected chi connectivity index (χ3v) is 7.85. The molecular formula is C24H22ClF4N5O2S. The molecule has 5 rings (SSSR count). The molecule has 0 saturated carbocycles. The van der Waals surface area contributed by atoms with Crippen LogP contribution in [0, 0.1) is 0 Å². The number of thiazole rings is 1. The Morgan fingerprint density at radius 2 is 1.92 bits per heavy atom. The number of alkyl halides is 4. The van der Waals surface area contributed by atoms with E-state index in [0.29, 0.717) is 48.1 Å². The summed E-state index contributed by atoms with van der Waals surface area (Å²) in [5.74, 6) is -0.302. The standard InChI is InChI=1S/C24H22ClF4N5O2S/c25-15-4-2-1-3-14(15)20-10-16(32-36-20)18-12-37-24(30-18)13-5-7-33(8-6-13)21(35)11-34-19(23(28)29)9-17(31-34)22(26)27/h1-4,9,12-13,20,22-23H,5-8,10-11H2/t20-/m1/s1. The Balaban J connectivity index is 1.17. The minimum Gasteiger partial charge on any atom is -0.387 e. The molecule has 0 unspecified atom stereocenters. The van der Waals surface area contributed by atoms with Crippen molar-refractivity contribution in [3.63, 3.8) is 0 Å². The molecule has 0 bridgehead atoms. The summed E-state index contributed by atoms with van der Waals surface area (Å²) in [6.07, 6.45) is -4.41. The molecule has 2 aliphatic rings. The molecule has 1 saturated heterocycles. The van der Waals surface area contributed by atoms with Crippen LogP contribution in [-0.4, -0.2) is 44.4 Å². The highest BCUT2D eigenvalue weighted by atomic mass is 35.5. The SMILES string of the molecule is O=C(Cn1nc(C(F)F)cc1C(F)F)N1CCC(c2nc(C3=NO[C@@H](c4ccccc4Cl)C3)cs2)CC1. The first-order valence-electron chi connectivity index (χ1n) is 11.6. The van der Waals surface area contributed by atoms with Crippen LogP contribution in [0.3, 0.4) is 0 Å².